The van der Waals surface area contributed by atoms with Crippen LogP contribution in [0.15, 0.2) is 12.1 Å². The van der Waals surface area contributed by atoms with Gasteiger partial charge >= 0.3 is 0 Å². The molecule has 1 fully saturated rings. The third-order valence-corrected chi connectivity index (χ3v) is 2.91. The van der Waals surface area contributed by atoms with Crippen molar-refractivity contribution in [2.45, 2.75) is 25.5 Å². The minimum absolute atomic E-state index is 0.00393. The first kappa shape index (κ1) is 11.5. The summed E-state index contributed by atoms with van der Waals surface area (Å²) in [6, 6.07) is 2.89. The van der Waals surface area contributed by atoms with Gasteiger partial charge in [-0.3, -0.25) is 0 Å². The Kier molecular flexibility index (Phi) is 3.51. The van der Waals surface area contributed by atoms with Crippen molar-refractivity contribution < 1.29 is 13.5 Å². The van der Waals surface area contributed by atoms with Gasteiger partial charge in [-0.25, -0.2) is 8.78 Å². The van der Waals surface area contributed by atoms with Crippen molar-refractivity contribution in [2.75, 3.05) is 13.7 Å². The second-order valence-electron chi connectivity index (χ2n) is 4.05. The Labute approximate surface area is 93.6 Å². The SMILES string of the molecule is COCc1c(F)cc(C2CCCN2)cc1F. The van der Waals surface area contributed by atoms with Gasteiger partial charge in [0.2, 0.25) is 0 Å². The van der Waals surface area contributed by atoms with E-state index in [2.05, 4.69) is 5.32 Å². The molecular formula is C12H15F2NO. The molecule has 16 heavy (non-hydrogen) atoms. The Balaban J connectivity index is 2.28. The Morgan fingerprint density at radius 2 is 2.06 bits per heavy atom. The number of rotatable bonds is 3. The molecule has 1 heterocycles. The van der Waals surface area contributed by atoms with E-state index in [4.69, 9.17) is 4.74 Å². The summed E-state index contributed by atoms with van der Waals surface area (Å²) in [5.41, 5.74) is 0.691. The molecule has 1 N–H and O–H groups in total. The van der Waals surface area contributed by atoms with Gasteiger partial charge < -0.3 is 10.1 Å². The number of halogens is 2. The lowest BCUT2D eigenvalue weighted by molar-refractivity contribution is 0.177. The molecule has 1 aromatic rings. The van der Waals surface area contributed by atoms with Gasteiger partial charge in [-0.05, 0) is 37.1 Å². The number of ether oxygens (including phenoxy) is 1. The molecule has 1 aromatic carbocycles. The lowest BCUT2D eigenvalue weighted by Gasteiger charge is -2.13. The van der Waals surface area contributed by atoms with E-state index in [0.29, 0.717) is 5.56 Å². The van der Waals surface area contributed by atoms with Crippen molar-refractivity contribution in [1.82, 2.24) is 5.32 Å². The van der Waals surface area contributed by atoms with E-state index in [9.17, 15) is 8.78 Å². The van der Waals surface area contributed by atoms with Crippen LogP contribution in [0.4, 0.5) is 8.78 Å². The molecule has 0 aliphatic carbocycles. The molecule has 0 bridgehead atoms. The van der Waals surface area contributed by atoms with Gasteiger partial charge in [0.15, 0.2) is 0 Å². The first-order chi connectivity index (χ1) is 7.72. The maximum absolute atomic E-state index is 13.6. The summed E-state index contributed by atoms with van der Waals surface area (Å²) in [6.07, 6.45) is 1.98. The molecule has 0 amide bonds. The van der Waals surface area contributed by atoms with Crippen molar-refractivity contribution in [3.05, 3.63) is 34.9 Å². The lowest BCUT2D eigenvalue weighted by atomic mass is 10.0. The number of nitrogens with one attached hydrogen (secondary N) is 1. The number of hydrogen-bond donors (Lipinski definition) is 1. The van der Waals surface area contributed by atoms with Crippen LogP contribution in [0.3, 0.4) is 0 Å². The molecule has 2 nitrogen and oxygen atoms in total. The topological polar surface area (TPSA) is 21.3 Å². The minimum atomic E-state index is -0.523. The quantitative estimate of drug-likeness (QED) is 0.856. The molecule has 0 aromatic heterocycles. The van der Waals surface area contributed by atoms with Crippen molar-refractivity contribution in [3.63, 3.8) is 0 Å². The lowest BCUT2D eigenvalue weighted by Crippen LogP contribution is -2.14. The standard InChI is InChI=1S/C12H15F2NO/c1-16-7-9-10(13)5-8(6-11(9)14)12-3-2-4-15-12/h5-6,12,15H,2-4,7H2,1H3. The second-order valence-corrected chi connectivity index (χ2v) is 4.05. The van der Waals surface area contributed by atoms with Gasteiger partial charge in [0.1, 0.15) is 11.6 Å². The van der Waals surface area contributed by atoms with E-state index >= 15 is 0 Å². The Bertz CT molecular complexity index is 352. The van der Waals surface area contributed by atoms with E-state index in [0.717, 1.165) is 19.4 Å². The number of benzene rings is 1. The Hall–Kier alpha value is -1.00. The molecular weight excluding hydrogens is 212 g/mol. The predicted octanol–water partition coefficient (Wildman–Crippen LogP) is 2.54. The van der Waals surface area contributed by atoms with Crippen molar-refractivity contribution in [1.29, 1.82) is 0 Å². The summed E-state index contributed by atoms with van der Waals surface area (Å²) >= 11 is 0. The van der Waals surface area contributed by atoms with Gasteiger partial charge in [0.05, 0.1) is 6.61 Å². The molecule has 1 unspecified atom stereocenters. The van der Waals surface area contributed by atoms with E-state index in [1.165, 1.54) is 19.2 Å². The highest BCUT2D eigenvalue weighted by Gasteiger charge is 2.19. The van der Waals surface area contributed by atoms with E-state index < -0.39 is 11.6 Å². The fraction of sp³-hybridized carbons (Fsp3) is 0.500. The van der Waals surface area contributed by atoms with Crippen LogP contribution in [0.5, 0.6) is 0 Å². The monoisotopic (exact) mass is 227 g/mol. The van der Waals surface area contributed by atoms with Crippen molar-refractivity contribution in [3.8, 4) is 0 Å². The maximum Gasteiger partial charge on any atom is 0.131 e. The third-order valence-electron chi connectivity index (χ3n) is 2.91. The summed E-state index contributed by atoms with van der Waals surface area (Å²) in [4.78, 5) is 0. The highest BCUT2D eigenvalue weighted by molar-refractivity contribution is 5.28. The molecule has 1 aliphatic rings. The Morgan fingerprint density at radius 1 is 1.38 bits per heavy atom. The van der Waals surface area contributed by atoms with Crippen LogP contribution in [-0.2, 0) is 11.3 Å². The van der Waals surface area contributed by atoms with Gasteiger partial charge in [-0.15, -0.1) is 0 Å². The maximum atomic E-state index is 13.6. The number of hydrogen-bond acceptors (Lipinski definition) is 2. The molecule has 1 aliphatic heterocycles. The molecule has 1 atom stereocenters. The van der Waals surface area contributed by atoms with Crippen LogP contribution in [0.2, 0.25) is 0 Å². The van der Waals surface area contributed by atoms with Crippen LogP contribution in [0.1, 0.15) is 30.0 Å². The van der Waals surface area contributed by atoms with Crippen LogP contribution < -0.4 is 5.32 Å². The Morgan fingerprint density at radius 3 is 2.56 bits per heavy atom. The molecule has 2 rings (SSSR count). The third kappa shape index (κ3) is 2.23. The summed E-state index contributed by atoms with van der Waals surface area (Å²) in [6.45, 7) is 0.879. The molecule has 88 valence electrons. The normalized spacial score (nSPS) is 20.3. The molecule has 0 radical (unpaired) electrons. The second kappa shape index (κ2) is 4.89. The first-order valence-electron chi connectivity index (χ1n) is 5.42. The molecule has 4 heteroatoms. The average Bonchev–Trinajstić information content (AvgIpc) is 2.76. The summed E-state index contributed by atoms with van der Waals surface area (Å²) in [5, 5.41) is 3.21. The molecule has 1 saturated heterocycles. The zero-order chi connectivity index (χ0) is 11.5. The molecule has 0 saturated carbocycles. The average molecular weight is 227 g/mol. The summed E-state index contributed by atoms with van der Waals surface area (Å²) < 4.78 is 32.0. The highest BCUT2D eigenvalue weighted by atomic mass is 19.1. The fourth-order valence-corrected chi connectivity index (χ4v) is 2.08. The van der Waals surface area contributed by atoms with Crippen LogP contribution in [-0.4, -0.2) is 13.7 Å². The van der Waals surface area contributed by atoms with E-state index in [1.54, 1.807) is 0 Å². The van der Waals surface area contributed by atoms with Gasteiger partial charge in [-0.2, -0.15) is 0 Å². The van der Waals surface area contributed by atoms with Gasteiger partial charge in [0.25, 0.3) is 0 Å². The van der Waals surface area contributed by atoms with Gasteiger partial charge in [-0.1, -0.05) is 0 Å². The zero-order valence-electron chi connectivity index (χ0n) is 9.22. The van der Waals surface area contributed by atoms with Gasteiger partial charge in [0, 0.05) is 18.7 Å². The zero-order valence-corrected chi connectivity index (χ0v) is 9.22. The first-order valence-corrected chi connectivity index (χ1v) is 5.42. The fourth-order valence-electron chi connectivity index (χ4n) is 2.08. The molecule has 0 spiro atoms. The van der Waals surface area contributed by atoms with Crippen LogP contribution in [0, 0.1) is 11.6 Å². The van der Waals surface area contributed by atoms with Crippen molar-refractivity contribution in [2.24, 2.45) is 0 Å². The highest BCUT2D eigenvalue weighted by Crippen LogP contribution is 2.26. The van der Waals surface area contributed by atoms with E-state index in [1.807, 2.05) is 0 Å². The largest absolute Gasteiger partial charge is 0.380 e. The van der Waals surface area contributed by atoms with E-state index in [-0.39, 0.29) is 18.2 Å². The summed E-state index contributed by atoms with van der Waals surface area (Å²) in [7, 11) is 1.42. The smallest absolute Gasteiger partial charge is 0.131 e. The summed E-state index contributed by atoms with van der Waals surface area (Å²) in [5.74, 6) is -1.05. The van der Waals surface area contributed by atoms with Crippen LogP contribution in [0.25, 0.3) is 0 Å². The van der Waals surface area contributed by atoms with Crippen molar-refractivity contribution >= 4 is 0 Å². The minimum Gasteiger partial charge on any atom is -0.380 e. The van der Waals surface area contributed by atoms with Crippen LogP contribution >= 0.6 is 0 Å². The predicted molar refractivity (Wildman–Crippen MR) is 57.0 cm³/mol. The number of methoxy groups -OCH3 is 1.